The highest BCUT2D eigenvalue weighted by Crippen LogP contribution is 2.35. The number of amides is 2. The number of aromatic hydroxyl groups is 1. The lowest BCUT2D eigenvalue weighted by atomic mass is 9.82. The molecule has 0 unspecified atom stereocenters. The van der Waals surface area contributed by atoms with Crippen LogP contribution in [0.3, 0.4) is 0 Å². The number of pyridine rings is 1. The average molecular weight is 710 g/mol. The van der Waals surface area contributed by atoms with Gasteiger partial charge in [-0.15, -0.1) is 0 Å². The Hall–Kier alpha value is -4.91. The Morgan fingerprint density at radius 2 is 1.71 bits per heavy atom. The zero-order chi connectivity index (χ0) is 36.1. The monoisotopic (exact) mass is 709 g/mol. The van der Waals surface area contributed by atoms with Gasteiger partial charge in [-0.05, 0) is 105 Å². The van der Waals surface area contributed by atoms with Gasteiger partial charge in [0.1, 0.15) is 23.1 Å². The maximum Gasteiger partial charge on any atom is 0.408 e. The molecule has 0 aliphatic carbocycles. The molecule has 2 atom stereocenters. The molecule has 1 aromatic heterocycles. The highest BCUT2D eigenvalue weighted by molar-refractivity contribution is 5.95. The van der Waals surface area contributed by atoms with Crippen LogP contribution in [-0.4, -0.2) is 95.5 Å². The van der Waals surface area contributed by atoms with Crippen LogP contribution in [0.15, 0.2) is 83.7 Å². The van der Waals surface area contributed by atoms with Crippen molar-refractivity contribution in [2.75, 3.05) is 52.4 Å². The number of fused-ring (bicyclic) bond motifs is 4. The summed E-state index contributed by atoms with van der Waals surface area (Å²) in [6.45, 7) is 5.26. The topological polar surface area (TPSA) is 156 Å². The van der Waals surface area contributed by atoms with Gasteiger partial charge in [0.2, 0.25) is 5.56 Å². The van der Waals surface area contributed by atoms with Gasteiger partial charge in [-0.2, -0.15) is 0 Å². The predicted octanol–water partition coefficient (Wildman–Crippen LogP) is 4.28. The van der Waals surface area contributed by atoms with Crippen LogP contribution in [-0.2, 0) is 10.3 Å². The predicted molar refractivity (Wildman–Crippen MR) is 196 cm³/mol. The summed E-state index contributed by atoms with van der Waals surface area (Å²) in [5.41, 5.74) is 1.45. The molecule has 12 heteroatoms. The van der Waals surface area contributed by atoms with Crippen molar-refractivity contribution >= 4 is 22.9 Å². The molecule has 3 aromatic carbocycles. The summed E-state index contributed by atoms with van der Waals surface area (Å²) in [5, 5.41) is 27.8. The number of phenols is 1. The number of alkyl carbamates (subject to hydrolysis) is 1. The van der Waals surface area contributed by atoms with E-state index in [1.165, 1.54) is 12.1 Å². The zero-order valence-corrected chi connectivity index (χ0v) is 29.3. The van der Waals surface area contributed by atoms with Gasteiger partial charge >= 0.3 is 6.09 Å². The Bertz CT molecular complexity index is 1900. The number of aliphatic hydroxyl groups is 1. The van der Waals surface area contributed by atoms with E-state index in [1.807, 2.05) is 42.5 Å². The number of hydrogen-bond donors (Lipinski definition) is 5. The number of rotatable bonds is 14. The van der Waals surface area contributed by atoms with Gasteiger partial charge in [0.05, 0.1) is 31.3 Å². The number of aliphatic hydroxyl groups excluding tert-OH is 1. The number of unbranched alkanes of at least 4 members (excludes halogenated alkanes) is 2. The number of carbonyl (C=O) groups is 2. The highest BCUT2D eigenvalue weighted by atomic mass is 16.6. The number of H-pyrrole nitrogens is 1. The molecule has 0 radical (unpaired) electrons. The summed E-state index contributed by atoms with van der Waals surface area (Å²) in [6, 6.07) is 23.1. The van der Waals surface area contributed by atoms with Crippen LogP contribution in [0, 0.1) is 5.92 Å². The van der Waals surface area contributed by atoms with E-state index in [1.54, 1.807) is 29.2 Å². The Morgan fingerprint density at radius 1 is 0.942 bits per heavy atom. The summed E-state index contributed by atoms with van der Waals surface area (Å²) < 4.78 is 11.9. The number of ether oxygens (including phenoxy) is 2. The van der Waals surface area contributed by atoms with Gasteiger partial charge in [0.15, 0.2) is 0 Å². The Labute approximate surface area is 302 Å². The molecular formula is C40H47N5O7. The second-order valence-electron chi connectivity index (χ2n) is 14.3. The SMILES string of the molecule is O=C(NC1(c2ccccc2)CN(C(=O)c2ccc(OCCCCCNC[C@H](O)c3ccc(O)c4[nH]c(=O)ccc34)cc2)C1)O[C@H]1CN2CCC1CC2. The maximum absolute atomic E-state index is 13.4. The van der Waals surface area contributed by atoms with Crippen molar-refractivity contribution in [3.05, 3.63) is 106 Å². The van der Waals surface area contributed by atoms with Crippen LogP contribution in [0.1, 0.15) is 59.7 Å². The van der Waals surface area contributed by atoms with Crippen molar-refractivity contribution < 1.29 is 29.3 Å². The number of phenolic OH excluding ortho intramolecular Hbond substituents is 1. The molecule has 4 fully saturated rings. The number of nitrogens with zero attached hydrogens (tertiary/aromatic N) is 2. The highest BCUT2D eigenvalue weighted by Gasteiger charge is 2.49. The Kier molecular flexibility index (Phi) is 10.8. The molecule has 0 saturated carbocycles. The minimum absolute atomic E-state index is 0.0334. The average Bonchev–Trinajstić information content (AvgIpc) is 3.15. The molecule has 8 rings (SSSR count). The fourth-order valence-corrected chi connectivity index (χ4v) is 7.74. The second kappa shape index (κ2) is 15.8. The van der Waals surface area contributed by atoms with Crippen molar-refractivity contribution in [1.29, 1.82) is 0 Å². The maximum atomic E-state index is 13.4. The molecule has 4 aliphatic heterocycles. The number of likely N-dealkylation sites (tertiary alicyclic amines) is 1. The molecule has 0 spiro atoms. The first kappa shape index (κ1) is 35.5. The number of aromatic amines is 1. The second-order valence-corrected chi connectivity index (χ2v) is 14.3. The fourth-order valence-electron chi connectivity index (χ4n) is 7.74. The van der Waals surface area contributed by atoms with Crippen LogP contribution in [0.4, 0.5) is 4.79 Å². The lowest BCUT2D eigenvalue weighted by molar-refractivity contribution is -0.0404. The van der Waals surface area contributed by atoms with Gasteiger partial charge < -0.3 is 40.2 Å². The van der Waals surface area contributed by atoms with E-state index < -0.39 is 17.7 Å². The Morgan fingerprint density at radius 3 is 2.44 bits per heavy atom. The molecule has 4 saturated heterocycles. The van der Waals surface area contributed by atoms with Crippen LogP contribution in [0.2, 0.25) is 0 Å². The first-order chi connectivity index (χ1) is 25.3. The summed E-state index contributed by atoms with van der Waals surface area (Å²) in [4.78, 5) is 45.0. The van der Waals surface area contributed by atoms with Crippen molar-refractivity contribution in [3.63, 3.8) is 0 Å². The van der Waals surface area contributed by atoms with Crippen LogP contribution in [0.25, 0.3) is 10.9 Å². The van der Waals surface area contributed by atoms with Gasteiger partial charge in [-0.1, -0.05) is 36.4 Å². The van der Waals surface area contributed by atoms with Gasteiger partial charge in [0, 0.05) is 30.1 Å². The third kappa shape index (κ3) is 7.94. The van der Waals surface area contributed by atoms with Gasteiger partial charge in [-0.3, -0.25) is 14.5 Å². The molecule has 52 heavy (non-hydrogen) atoms. The summed E-state index contributed by atoms with van der Waals surface area (Å²) in [5.74, 6) is 0.978. The summed E-state index contributed by atoms with van der Waals surface area (Å²) in [7, 11) is 0. The number of piperidine rings is 3. The van der Waals surface area contributed by atoms with E-state index in [4.69, 9.17) is 9.47 Å². The fraction of sp³-hybridized carbons (Fsp3) is 0.425. The number of hydrogen-bond acceptors (Lipinski definition) is 9. The smallest absolute Gasteiger partial charge is 0.408 e. The van der Waals surface area contributed by atoms with E-state index in [9.17, 15) is 24.6 Å². The van der Waals surface area contributed by atoms with Crippen molar-refractivity contribution in [2.24, 2.45) is 5.92 Å². The van der Waals surface area contributed by atoms with Crippen molar-refractivity contribution in [2.45, 2.75) is 49.9 Å². The van der Waals surface area contributed by atoms with E-state index >= 15 is 0 Å². The first-order valence-corrected chi connectivity index (χ1v) is 18.3. The van der Waals surface area contributed by atoms with Crippen LogP contribution >= 0.6 is 0 Å². The third-order valence-corrected chi connectivity index (χ3v) is 10.7. The molecule has 274 valence electrons. The molecular weight excluding hydrogens is 662 g/mol. The van der Waals surface area contributed by atoms with E-state index in [0.29, 0.717) is 59.9 Å². The third-order valence-electron chi connectivity index (χ3n) is 10.7. The molecule has 4 aromatic rings. The van der Waals surface area contributed by atoms with E-state index in [-0.39, 0.29) is 23.3 Å². The summed E-state index contributed by atoms with van der Waals surface area (Å²) >= 11 is 0. The van der Waals surface area contributed by atoms with Crippen LogP contribution in [0.5, 0.6) is 11.5 Å². The number of benzene rings is 3. The minimum atomic E-state index is -0.792. The number of aromatic nitrogens is 1. The van der Waals surface area contributed by atoms with Crippen molar-refractivity contribution in [3.8, 4) is 11.5 Å². The van der Waals surface area contributed by atoms with E-state index in [0.717, 1.165) is 63.8 Å². The molecule has 4 aliphatic rings. The lowest BCUT2D eigenvalue weighted by Gasteiger charge is -2.51. The molecule has 2 bridgehead atoms. The normalized spacial score (nSPS) is 20.9. The first-order valence-electron chi connectivity index (χ1n) is 18.3. The lowest BCUT2D eigenvalue weighted by Crippen LogP contribution is -2.69. The minimum Gasteiger partial charge on any atom is -0.506 e. The largest absolute Gasteiger partial charge is 0.506 e. The summed E-state index contributed by atoms with van der Waals surface area (Å²) in [6.07, 6.45) is 3.51. The quantitative estimate of drug-likeness (QED) is 0.121. The van der Waals surface area contributed by atoms with Gasteiger partial charge in [0.25, 0.3) is 5.91 Å². The molecule has 5 heterocycles. The molecule has 12 nitrogen and oxygen atoms in total. The standard InChI is InChI=1S/C40H47N5O7/c46-33-15-13-31(32-14-16-36(48)42-37(32)33)34(47)23-41-19-5-2-6-22-51-30-11-9-28(10-12-30)38(49)45-25-40(26-45,29-7-3-1-4-8-29)43-39(50)52-35-24-44-20-17-27(35)18-21-44/h1,3-4,7-16,27,34-35,41,46-47H,2,5-6,17-26H2,(H,42,48)(H,43,50)/t34-,35-/m0/s1. The Balaban J connectivity index is 0.824. The molecule has 5 N–H and O–H groups in total. The zero-order valence-electron chi connectivity index (χ0n) is 29.3. The van der Waals surface area contributed by atoms with E-state index in [2.05, 4.69) is 20.5 Å². The van der Waals surface area contributed by atoms with Crippen molar-refractivity contribution in [1.82, 2.24) is 25.4 Å². The number of carbonyl (C=O) groups excluding carboxylic acids is 2. The molecule has 2 amide bonds. The number of nitrogens with one attached hydrogen (secondary N) is 3. The van der Waals surface area contributed by atoms with Gasteiger partial charge in [-0.25, -0.2) is 4.79 Å². The van der Waals surface area contributed by atoms with Crippen LogP contribution < -0.4 is 20.9 Å².